The van der Waals surface area contributed by atoms with Crippen LogP contribution in [0.15, 0.2) is 51.4 Å². The number of nitrogens with one attached hydrogen (secondary N) is 1. The summed E-state index contributed by atoms with van der Waals surface area (Å²) in [7, 11) is 3.63. The zero-order chi connectivity index (χ0) is 13.8. The molecule has 100 valence electrons. The van der Waals surface area contributed by atoms with Gasteiger partial charge in [0.15, 0.2) is 0 Å². The molecule has 0 amide bonds. The second-order valence-corrected chi connectivity index (χ2v) is 5.93. The first-order chi connectivity index (χ1) is 9.15. The summed E-state index contributed by atoms with van der Waals surface area (Å²) >= 11 is 7.13. The van der Waals surface area contributed by atoms with Gasteiger partial charge >= 0.3 is 0 Å². The van der Waals surface area contributed by atoms with Crippen molar-refractivity contribution in [2.24, 2.45) is 0 Å². The Labute approximate surface area is 130 Å². The largest absolute Gasteiger partial charge is 0.497 e. The highest BCUT2D eigenvalue weighted by Crippen LogP contribution is 2.32. The van der Waals surface area contributed by atoms with Gasteiger partial charge in [0.05, 0.1) is 13.2 Å². The van der Waals surface area contributed by atoms with Gasteiger partial charge in [-0.3, -0.25) is 0 Å². The molecule has 0 aromatic heterocycles. The molecule has 1 N–H and O–H groups in total. The molecule has 19 heavy (non-hydrogen) atoms. The smallest absolute Gasteiger partial charge is 0.120 e. The number of hydrogen-bond donors (Lipinski definition) is 1. The molecule has 2 nitrogen and oxygen atoms in total. The van der Waals surface area contributed by atoms with Crippen molar-refractivity contribution in [1.29, 1.82) is 0 Å². The Morgan fingerprint density at radius 2 is 1.89 bits per heavy atom. The monoisotopic (exact) mass is 383 g/mol. The van der Waals surface area contributed by atoms with E-state index in [0.29, 0.717) is 0 Å². The summed E-state index contributed by atoms with van der Waals surface area (Å²) in [6.07, 6.45) is 0. The third kappa shape index (κ3) is 3.38. The third-order valence-electron chi connectivity index (χ3n) is 2.99. The molecule has 0 aliphatic rings. The number of benzene rings is 2. The normalized spacial score (nSPS) is 12.2. The van der Waals surface area contributed by atoms with Crippen molar-refractivity contribution in [3.8, 4) is 5.75 Å². The molecule has 0 bridgehead atoms. The molecule has 0 aliphatic heterocycles. The minimum absolute atomic E-state index is 0.137. The van der Waals surface area contributed by atoms with Crippen molar-refractivity contribution < 1.29 is 4.74 Å². The maximum Gasteiger partial charge on any atom is 0.120 e. The van der Waals surface area contributed by atoms with Crippen molar-refractivity contribution in [2.75, 3.05) is 14.2 Å². The average molecular weight is 385 g/mol. The van der Waals surface area contributed by atoms with Crippen LogP contribution < -0.4 is 10.1 Å². The fourth-order valence-electron chi connectivity index (χ4n) is 2.06. The molecule has 2 rings (SSSR count). The molecule has 4 heteroatoms. The van der Waals surface area contributed by atoms with E-state index in [0.717, 1.165) is 14.7 Å². The fourth-order valence-corrected chi connectivity index (χ4v) is 3.06. The summed E-state index contributed by atoms with van der Waals surface area (Å²) in [5, 5.41) is 3.35. The van der Waals surface area contributed by atoms with Crippen molar-refractivity contribution >= 4 is 31.9 Å². The zero-order valence-electron chi connectivity index (χ0n) is 10.8. The second kappa shape index (κ2) is 6.55. The Bertz CT molecular complexity index is 572. The van der Waals surface area contributed by atoms with Gasteiger partial charge in [0.1, 0.15) is 5.75 Å². The van der Waals surface area contributed by atoms with Crippen LogP contribution in [0.4, 0.5) is 0 Å². The van der Waals surface area contributed by atoms with Crippen LogP contribution >= 0.6 is 31.9 Å². The SMILES string of the molecule is CNC(c1cccc(Br)c1)c1ccc(OC)cc1Br. The van der Waals surface area contributed by atoms with Crippen LogP contribution in [-0.2, 0) is 0 Å². The van der Waals surface area contributed by atoms with E-state index in [2.05, 4.69) is 55.4 Å². The Balaban J connectivity index is 2.42. The molecule has 2 aromatic rings. The standard InChI is InChI=1S/C15H15Br2NO/c1-18-15(10-4-3-5-11(16)8-10)13-7-6-12(19-2)9-14(13)17/h3-9,15,18H,1-2H3. The fraction of sp³-hybridized carbons (Fsp3) is 0.200. The van der Waals surface area contributed by atoms with Gasteiger partial charge in [-0.1, -0.05) is 50.1 Å². The lowest BCUT2D eigenvalue weighted by molar-refractivity contribution is 0.414. The molecule has 2 aromatic carbocycles. The van der Waals surface area contributed by atoms with Crippen molar-refractivity contribution in [1.82, 2.24) is 5.32 Å². The van der Waals surface area contributed by atoms with Crippen LogP contribution in [0.1, 0.15) is 17.2 Å². The van der Waals surface area contributed by atoms with Crippen LogP contribution in [-0.4, -0.2) is 14.2 Å². The molecule has 0 heterocycles. The van der Waals surface area contributed by atoms with Gasteiger partial charge in [-0.05, 0) is 42.4 Å². The van der Waals surface area contributed by atoms with Gasteiger partial charge in [0.2, 0.25) is 0 Å². The van der Waals surface area contributed by atoms with E-state index >= 15 is 0 Å². The van der Waals surface area contributed by atoms with Crippen LogP contribution in [0.25, 0.3) is 0 Å². The van der Waals surface area contributed by atoms with E-state index in [4.69, 9.17) is 4.74 Å². The van der Waals surface area contributed by atoms with Gasteiger partial charge < -0.3 is 10.1 Å². The van der Waals surface area contributed by atoms with E-state index in [9.17, 15) is 0 Å². The maximum absolute atomic E-state index is 5.23. The highest BCUT2D eigenvalue weighted by Gasteiger charge is 2.15. The Hall–Kier alpha value is -0.840. The molecule has 0 saturated heterocycles. The van der Waals surface area contributed by atoms with Gasteiger partial charge in [0, 0.05) is 8.95 Å². The molecule has 0 fully saturated rings. The summed E-state index contributed by atoms with van der Waals surface area (Å²) in [4.78, 5) is 0. The quantitative estimate of drug-likeness (QED) is 0.836. The molecule has 0 aliphatic carbocycles. The lowest BCUT2D eigenvalue weighted by atomic mass is 9.99. The van der Waals surface area contributed by atoms with Crippen LogP contribution in [0.2, 0.25) is 0 Å². The van der Waals surface area contributed by atoms with E-state index in [1.54, 1.807) is 7.11 Å². The summed E-state index contributed by atoms with van der Waals surface area (Å²) in [6, 6.07) is 14.5. The van der Waals surface area contributed by atoms with Crippen molar-refractivity contribution in [3.63, 3.8) is 0 Å². The van der Waals surface area contributed by atoms with Crippen LogP contribution in [0.3, 0.4) is 0 Å². The van der Waals surface area contributed by atoms with Gasteiger partial charge in [-0.15, -0.1) is 0 Å². The summed E-state index contributed by atoms with van der Waals surface area (Å²) in [5.74, 6) is 0.847. The average Bonchev–Trinajstić information content (AvgIpc) is 2.41. The minimum atomic E-state index is 0.137. The topological polar surface area (TPSA) is 21.3 Å². The first-order valence-corrected chi connectivity index (χ1v) is 7.50. The highest BCUT2D eigenvalue weighted by atomic mass is 79.9. The molecule has 0 radical (unpaired) electrons. The van der Waals surface area contributed by atoms with E-state index in [1.165, 1.54) is 11.1 Å². The Kier molecular flexibility index (Phi) is 5.02. The van der Waals surface area contributed by atoms with Crippen molar-refractivity contribution in [3.05, 3.63) is 62.5 Å². The molecule has 1 atom stereocenters. The number of rotatable bonds is 4. The van der Waals surface area contributed by atoms with E-state index in [1.807, 2.05) is 31.3 Å². The van der Waals surface area contributed by atoms with E-state index < -0.39 is 0 Å². The predicted molar refractivity (Wildman–Crippen MR) is 85.7 cm³/mol. The molecule has 1 unspecified atom stereocenters. The number of halogens is 2. The summed E-state index contributed by atoms with van der Waals surface area (Å²) in [5.41, 5.74) is 2.39. The first kappa shape index (κ1) is 14.6. The number of ether oxygens (including phenoxy) is 1. The molecule has 0 spiro atoms. The molecular formula is C15H15Br2NO. The summed E-state index contributed by atoms with van der Waals surface area (Å²) < 4.78 is 7.34. The lowest BCUT2D eigenvalue weighted by Crippen LogP contribution is -2.18. The number of methoxy groups -OCH3 is 1. The second-order valence-electron chi connectivity index (χ2n) is 4.16. The highest BCUT2D eigenvalue weighted by molar-refractivity contribution is 9.10. The van der Waals surface area contributed by atoms with Crippen LogP contribution in [0, 0.1) is 0 Å². The third-order valence-corrected chi connectivity index (χ3v) is 4.17. The Morgan fingerprint density at radius 1 is 1.11 bits per heavy atom. The summed E-state index contributed by atoms with van der Waals surface area (Å²) in [6.45, 7) is 0. The first-order valence-electron chi connectivity index (χ1n) is 5.92. The molecular weight excluding hydrogens is 370 g/mol. The van der Waals surface area contributed by atoms with Crippen molar-refractivity contribution in [2.45, 2.75) is 6.04 Å². The van der Waals surface area contributed by atoms with Crippen LogP contribution in [0.5, 0.6) is 5.75 Å². The van der Waals surface area contributed by atoms with Gasteiger partial charge in [0.25, 0.3) is 0 Å². The maximum atomic E-state index is 5.23. The number of hydrogen-bond acceptors (Lipinski definition) is 2. The lowest BCUT2D eigenvalue weighted by Gasteiger charge is -2.19. The minimum Gasteiger partial charge on any atom is -0.497 e. The molecule has 0 saturated carbocycles. The zero-order valence-corrected chi connectivity index (χ0v) is 14.0. The Morgan fingerprint density at radius 3 is 2.47 bits per heavy atom. The van der Waals surface area contributed by atoms with E-state index in [-0.39, 0.29) is 6.04 Å². The predicted octanol–water partition coefficient (Wildman–Crippen LogP) is 4.53. The van der Waals surface area contributed by atoms with Gasteiger partial charge in [-0.25, -0.2) is 0 Å². The van der Waals surface area contributed by atoms with Gasteiger partial charge in [-0.2, -0.15) is 0 Å².